The molecule has 1 N–H and O–H groups in total. The Labute approximate surface area is 126 Å². The summed E-state index contributed by atoms with van der Waals surface area (Å²) in [7, 11) is -3.53. The second kappa shape index (κ2) is 6.56. The molecule has 5 nitrogen and oxygen atoms in total. The van der Waals surface area contributed by atoms with Gasteiger partial charge in [0.2, 0.25) is 10.0 Å². The minimum absolute atomic E-state index is 0.161. The van der Waals surface area contributed by atoms with E-state index in [1.165, 1.54) is 22.8 Å². The van der Waals surface area contributed by atoms with Gasteiger partial charge in [0.05, 0.1) is 0 Å². The molecule has 1 aromatic heterocycles. The van der Waals surface area contributed by atoms with Crippen LogP contribution in [0.4, 0.5) is 0 Å². The number of aromatic nitrogens is 1. The number of hydrogen-bond acceptors (Lipinski definition) is 4. The maximum Gasteiger partial charge on any atom is 0.244 e. The summed E-state index contributed by atoms with van der Waals surface area (Å²) in [6, 6.07) is 1.51. The van der Waals surface area contributed by atoms with E-state index in [0.29, 0.717) is 30.5 Å². The Morgan fingerprint density at radius 1 is 1.38 bits per heavy atom. The highest BCUT2D eigenvalue weighted by molar-refractivity contribution is 7.89. The van der Waals surface area contributed by atoms with Gasteiger partial charge in [-0.1, -0.05) is 25.7 Å². The fourth-order valence-corrected chi connectivity index (χ4v) is 3.91. The van der Waals surface area contributed by atoms with E-state index in [-0.39, 0.29) is 11.5 Å². The van der Waals surface area contributed by atoms with E-state index >= 15 is 0 Å². The summed E-state index contributed by atoms with van der Waals surface area (Å²) < 4.78 is 26.8. The lowest BCUT2D eigenvalue weighted by molar-refractivity contribution is 0.212. The van der Waals surface area contributed by atoms with Gasteiger partial charge in [0, 0.05) is 31.0 Å². The summed E-state index contributed by atoms with van der Waals surface area (Å²) in [5.74, 6) is 6.06. The molecule has 2 heterocycles. The number of piperidine rings is 1. The highest BCUT2D eigenvalue weighted by Gasteiger charge is 2.31. The van der Waals surface area contributed by atoms with Gasteiger partial charge in [-0.05, 0) is 24.3 Å². The van der Waals surface area contributed by atoms with Crippen LogP contribution in [0.3, 0.4) is 0 Å². The molecule has 1 fully saturated rings. The van der Waals surface area contributed by atoms with Crippen LogP contribution in [0.25, 0.3) is 0 Å². The van der Waals surface area contributed by atoms with Gasteiger partial charge in [-0.2, -0.15) is 4.31 Å². The zero-order valence-electron chi connectivity index (χ0n) is 12.3. The Bertz CT molecular complexity index is 661. The molecule has 2 unspecified atom stereocenters. The van der Waals surface area contributed by atoms with Crippen molar-refractivity contribution < 1.29 is 13.5 Å². The molecule has 6 heteroatoms. The Morgan fingerprint density at radius 2 is 2.14 bits per heavy atom. The summed E-state index contributed by atoms with van der Waals surface area (Å²) in [6.45, 7) is 5.05. The number of aliphatic hydroxyl groups is 1. The smallest absolute Gasteiger partial charge is 0.244 e. The molecule has 0 spiro atoms. The first kappa shape index (κ1) is 16.0. The van der Waals surface area contributed by atoms with Crippen molar-refractivity contribution in [2.75, 3.05) is 19.7 Å². The van der Waals surface area contributed by atoms with Crippen LogP contribution in [-0.4, -0.2) is 42.5 Å². The molecule has 2 rings (SSSR count). The lowest BCUT2D eigenvalue weighted by Gasteiger charge is -2.34. The Hall–Kier alpha value is -1.42. The topological polar surface area (TPSA) is 70.5 Å². The van der Waals surface area contributed by atoms with Crippen LogP contribution in [0.5, 0.6) is 0 Å². The second-order valence-electron chi connectivity index (χ2n) is 5.48. The maximum absolute atomic E-state index is 12.7. The van der Waals surface area contributed by atoms with Gasteiger partial charge in [-0.3, -0.25) is 4.98 Å². The predicted molar refractivity (Wildman–Crippen MR) is 79.9 cm³/mol. The molecule has 0 radical (unpaired) electrons. The first-order valence-electron chi connectivity index (χ1n) is 7.00. The summed E-state index contributed by atoms with van der Waals surface area (Å²) in [5.41, 5.74) is 0.489. The fraction of sp³-hybridized carbons (Fsp3) is 0.533. The zero-order chi connectivity index (χ0) is 15.5. The summed E-state index contributed by atoms with van der Waals surface area (Å²) in [5, 5.41) is 8.69. The van der Waals surface area contributed by atoms with Crippen LogP contribution >= 0.6 is 0 Å². The van der Waals surface area contributed by atoms with Crippen molar-refractivity contribution in [1.82, 2.24) is 9.29 Å². The first-order valence-corrected chi connectivity index (χ1v) is 8.44. The predicted octanol–water partition coefficient (Wildman–Crippen LogP) is 1.09. The van der Waals surface area contributed by atoms with Gasteiger partial charge in [-0.15, -0.1) is 0 Å². The molecule has 0 amide bonds. The van der Waals surface area contributed by atoms with E-state index < -0.39 is 10.0 Å². The van der Waals surface area contributed by atoms with Crippen molar-refractivity contribution in [3.63, 3.8) is 0 Å². The molecule has 1 aromatic rings. The van der Waals surface area contributed by atoms with Gasteiger partial charge >= 0.3 is 0 Å². The van der Waals surface area contributed by atoms with E-state index in [9.17, 15) is 8.42 Å². The summed E-state index contributed by atoms with van der Waals surface area (Å²) >= 11 is 0. The fourth-order valence-electron chi connectivity index (χ4n) is 2.36. The second-order valence-corrected chi connectivity index (χ2v) is 7.41. The van der Waals surface area contributed by atoms with Crippen molar-refractivity contribution in [1.29, 1.82) is 0 Å². The van der Waals surface area contributed by atoms with Crippen LogP contribution in [0, 0.1) is 23.7 Å². The van der Waals surface area contributed by atoms with E-state index in [2.05, 4.69) is 30.7 Å². The minimum atomic E-state index is -3.53. The lowest BCUT2D eigenvalue weighted by atomic mass is 9.90. The van der Waals surface area contributed by atoms with Crippen LogP contribution in [0.15, 0.2) is 23.4 Å². The number of rotatable bonds is 2. The van der Waals surface area contributed by atoms with Gasteiger partial charge in [0.25, 0.3) is 0 Å². The van der Waals surface area contributed by atoms with Gasteiger partial charge in [-0.25, -0.2) is 8.42 Å². The number of pyridine rings is 1. The highest BCUT2D eigenvalue weighted by atomic mass is 32.2. The molecular weight excluding hydrogens is 288 g/mol. The van der Waals surface area contributed by atoms with Crippen molar-refractivity contribution in [2.24, 2.45) is 11.8 Å². The molecule has 0 saturated carbocycles. The quantitative estimate of drug-likeness (QED) is 0.830. The average Bonchev–Trinajstić information content (AvgIpc) is 2.48. The van der Waals surface area contributed by atoms with E-state index in [1.807, 2.05) is 0 Å². The number of hydrogen-bond donors (Lipinski definition) is 1. The van der Waals surface area contributed by atoms with Crippen molar-refractivity contribution in [2.45, 2.75) is 25.2 Å². The zero-order valence-corrected chi connectivity index (χ0v) is 13.1. The van der Waals surface area contributed by atoms with Crippen molar-refractivity contribution in [3.8, 4) is 11.8 Å². The molecule has 21 heavy (non-hydrogen) atoms. The third-order valence-electron chi connectivity index (χ3n) is 3.96. The molecule has 0 aliphatic carbocycles. The van der Waals surface area contributed by atoms with Gasteiger partial charge in [0.15, 0.2) is 0 Å². The Kier molecular flexibility index (Phi) is 4.99. The molecule has 1 aliphatic heterocycles. The third kappa shape index (κ3) is 3.62. The molecular formula is C15H20N2O3S. The monoisotopic (exact) mass is 308 g/mol. The van der Waals surface area contributed by atoms with Crippen LogP contribution in [0.2, 0.25) is 0 Å². The number of aliphatic hydroxyl groups excluding tert-OH is 1. The van der Waals surface area contributed by atoms with E-state index in [4.69, 9.17) is 5.11 Å². The lowest BCUT2D eigenvalue weighted by Crippen LogP contribution is -2.42. The summed E-state index contributed by atoms with van der Waals surface area (Å²) in [6.07, 6.45) is 3.71. The Balaban J connectivity index is 2.27. The SMILES string of the molecule is CC1CCN(S(=O)(=O)c2cncc(C#CCO)c2)CC1C. The van der Waals surface area contributed by atoms with Crippen LogP contribution in [-0.2, 0) is 10.0 Å². The Morgan fingerprint density at radius 3 is 2.81 bits per heavy atom. The third-order valence-corrected chi connectivity index (χ3v) is 5.79. The highest BCUT2D eigenvalue weighted by Crippen LogP contribution is 2.27. The largest absolute Gasteiger partial charge is 0.384 e. The first-order chi connectivity index (χ1) is 9.95. The normalized spacial score (nSPS) is 23.4. The maximum atomic E-state index is 12.7. The van der Waals surface area contributed by atoms with Crippen molar-refractivity contribution >= 4 is 10.0 Å². The molecule has 1 aliphatic rings. The standard InChI is InChI=1S/C15H20N2O3S/c1-12-5-6-17(11-13(12)2)21(19,20)15-8-14(4-3-7-18)9-16-10-15/h8-10,12-13,18H,5-7,11H2,1-2H3. The van der Waals surface area contributed by atoms with E-state index in [0.717, 1.165) is 6.42 Å². The van der Waals surface area contributed by atoms with Crippen LogP contribution in [0.1, 0.15) is 25.8 Å². The molecule has 0 aromatic carbocycles. The summed E-state index contributed by atoms with van der Waals surface area (Å²) in [4.78, 5) is 4.10. The average molecular weight is 308 g/mol. The number of sulfonamides is 1. The van der Waals surface area contributed by atoms with E-state index in [1.54, 1.807) is 0 Å². The van der Waals surface area contributed by atoms with Gasteiger partial charge < -0.3 is 5.11 Å². The van der Waals surface area contributed by atoms with Crippen LogP contribution < -0.4 is 0 Å². The van der Waals surface area contributed by atoms with Gasteiger partial charge in [0.1, 0.15) is 11.5 Å². The molecule has 0 bridgehead atoms. The molecule has 2 atom stereocenters. The molecule has 114 valence electrons. The minimum Gasteiger partial charge on any atom is -0.384 e. The molecule has 1 saturated heterocycles. The number of nitrogens with zero attached hydrogens (tertiary/aromatic N) is 2. The van der Waals surface area contributed by atoms with Crippen molar-refractivity contribution in [3.05, 3.63) is 24.0 Å².